The van der Waals surface area contributed by atoms with Crippen LogP contribution in [0, 0.1) is 13.8 Å². The molecule has 0 radical (unpaired) electrons. The second-order valence-electron chi connectivity index (χ2n) is 7.56. The summed E-state index contributed by atoms with van der Waals surface area (Å²) in [6.45, 7) is 5.93. The van der Waals surface area contributed by atoms with Gasteiger partial charge in [0.05, 0.1) is 41.3 Å². The van der Waals surface area contributed by atoms with Crippen molar-refractivity contribution in [2.24, 2.45) is 0 Å². The topological polar surface area (TPSA) is 35.5 Å². The third kappa shape index (κ3) is 6.67. The van der Waals surface area contributed by atoms with Crippen LogP contribution in [0.5, 0.6) is 11.5 Å². The second kappa shape index (κ2) is 9.90. The van der Waals surface area contributed by atoms with Gasteiger partial charge in [-0.1, -0.05) is 29.3 Å². The maximum Gasteiger partial charge on any atom is 0.168 e. The van der Waals surface area contributed by atoms with Gasteiger partial charge >= 0.3 is 0 Å². The molecule has 0 aromatic heterocycles. The Labute approximate surface area is 173 Å². The Bertz CT molecular complexity index is 767. The molecule has 2 rings (SSSR count). The highest BCUT2D eigenvalue weighted by atomic mass is 79.9. The molecule has 0 saturated carbocycles. The van der Waals surface area contributed by atoms with Gasteiger partial charge in [-0.25, -0.2) is 0 Å². The number of carbonyl (C=O) groups excluding carboxylic acids is 1. The average molecular weight is 436 g/mol. The van der Waals surface area contributed by atoms with Gasteiger partial charge in [0.2, 0.25) is 0 Å². The van der Waals surface area contributed by atoms with E-state index in [-0.39, 0.29) is 22.8 Å². The van der Waals surface area contributed by atoms with Crippen LogP contribution in [0.25, 0.3) is 0 Å². The van der Waals surface area contributed by atoms with Crippen LogP contribution in [-0.2, 0) is 6.54 Å². The third-order valence-electron chi connectivity index (χ3n) is 4.54. The largest absolute Gasteiger partial charge is 1.00 e. The molecule has 2 aromatic carbocycles. The Hall–Kier alpha value is -1.85. The first kappa shape index (κ1) is 23.2. The van der Waals surface area contributed by atoms with Crippen molar-refractivity contribution in [2.75, 3.05) is 34.9 Å². The highest BCUT2D eigenvalue weighted by molar-refractivity contribution is 5.96. The lowest BCUT2D eigenvalue weighted by Gasteiger charge is -2.30. The number of methoxy groups -OCH3 is 2. The SMILES string of the molecule is COc1ccc(C(=O)CC[N+](C)(C)Cc2cc(C)cc(C)c2)cc1OC.[Br-]. The van der Waals surface area contributed by atoms with E-state index in [0.29, 0.717) is 23.5 Å². The van der Waals surface area contributed by atoms with Crippen molar-refractivity contribution in [2.45, 2.75) is 26.8 Å². The molecule has 0 atom stereocenters. The molecule has 0 aliphatic heterocycles. The molecule has 0 N–H and O–H groups in total. The van der Waals surface area contributed by atoms with Gasteiger partial charge in [-0.2, -0.15) is 0 Å². The standard InChI is InChI=1S/C22H30NO3.BrH/c1-16-11-17(2)13-18(12-16)15-23(3,4)10-9-20(24)19-7-8-21(25-5)22(14-19)26-6;/h7-8,11-14H,9-10,15H2,1-6H3;1H/q+1;/p-1. The number of rotatable bonds is 8. The maximum absolute atomic E-state index is 12.6. The summed E-state index contributed by atoms with van der Waals surface area (Å²) < 4.78 is 11.3. The first-order chi connectivity index (χ1) is 12.2. The molecule has 27 heavy (non-hydrogen) atoms. The van der Waals surface area contributed by atoms with E-state index in [2.05, 4.69) is 46.1 Å². The van der Waals surface area contributed by atoms with Gasteiger partial charge in [0.1, 0.15) is 6.54 Å². The number of Topliss-reactive ketones (excluding diaryl/α,β-unsaturated/α-hetero) is 1. The normalized spacial score (nSPS) is 10.9. The van der Waals surface area contributed by atoms with E-state index in [9.17, 15) is 4.79 Å². The number of quaternary nitrogens is 1. The molecule has 0 fully saturated rings. The quantitative estimate of drug-likeness (QED) is 0.461. The molecular weight excluding hydrogens is 406 g/mol. The number of nitrogens with zero attached hydrogens (tertiary/aromatic N) is 1. The zero-order chi connectivity index (χ0) is 19.3. The number of ether oxygens (including phenoxy) is 2. The first-order valence-electron chi connectivity index (χ1n) is 8.88. The molecule has 0 spiro atoms. The maximum atomic E-state index is 12.6. The van der Waals surface area contributed by atoms with Crippen LogP contribution in [-0.4, -0.2) is 45.1 Å². The Morgan fingerprint density at radius 1 is 0.926 bits per heavy atom. The fourth-order valence-electron chi connectivity index (χ4n) is 3.29. The van der Waals surface area contributed by atoms with Crippen molar-refractivity contribution >= 4 is 5.78 Å². The fraction of sp³-hybridized carbons (Fsp3) is 0.409. The molecule has 0 saturated heterocycles. The van der Waals surface area contributed by atoms with Gasteiger partial charge < -0.3 is 30.9 Å². The second-order valence-corrected chi connectivity index (χ2v) is 7.56. The van der Waals surface area contributed by atoms with E-state index in [1.165, 1.54) is 16.7 Å². The molecule has 0 bridgehead atoms. The predicted molar refractivity (Wildman–Crippen MR) is 105 cm³/mol. The van der Waals surface area contributed by atoms with Crippen LogP contribution in [0.2, 0.25) is 0 Å². The number of ketones is 1. The molecule has 0 unspecified atom stereocenters. The summed E-state index contributed by atoms with van der Waals surface area (Å²) in [6, 6.07) is 12.0. The van der Waals surface area contributed by atoms with E-state index in [4.69, 9.17) is 9.47 Å². The van der Waals surface area contributed by atoms with Crippen LogP contribution in [0.4, 0.5) is 0 Å². The van der Waals surface area contributed by atoms with Crippen molar-refractivity contribution < 1.29 is 35.7 Å². The molecule has 5 heteroatoms. The molecule has 148 valence electrons. The highest BCUT2D eigenvalue weighted by Gasteiger charge is 2.19. The van der Waals surface area contributed by atoms with E-state index in [0.717, 1.165) is 17.6 Å². The molecule has 4 nitrogen and oxygen atoms in total. The monoisotopic (exact) mass is 435 g/mol. The summed E-state index contributed by atoms with van der Waals surface area (Å²) in [6.07, 6.45) is 0.493. The zero-order valence-corrected chi connectivity index (χ0v) is 18.7. The van der Waals surface area contributed by atoms with Crippen molar-refractivity contribution in [1.82, 2.24) is 0 Å². The van der Waals surface area contributed by atoms with E-state index >= 15 is 0 Å². The number of halogens is 1. The third-order valence-corrected chi connectivity index (χ3v) is 4.54. The minimum absolute atomic E-state index is 0. The number of hydrogen-bond donors (Lipinski definition) is 0. The molecule has 0 aliphatic rings. The van der Waals surface area contributed by atoms with Gasteiger partial charge in [-0.3, -0.25) is 4.79 Å². The van der Waals surface area contributed by atoms with Gasteiger partial charge in [-0.15, -0.1) is 0 Å². The summed E-state index contributed by atoms with van der Waals surface area (Å²) >= 11 is 0. The lowest BCUT2D eigenvalue weighted by Crippen LogP contribution is -3.00. The van der Waals surface area contributed by atoms with Crippen molar-refractivity contribution in [3.8, 4) is 11.5 Å². The smallest absolute Gasteiger partial charge is 0.168 e. The summed E-state index contributed by atoms with van der Waals surface area (Å²) in [5, 5.41) is 0. The number of carbonyl (C=O) groups is 1. The first-order valence-corrected chi connectivity index (χ1v) is 8.88. The number of aryl methyl sites for hydroxylation is 2. The van der Waals surface area contributed by atoms with Crippen molar-refractivity contribution in [3.63, 3.8) is 0 Å². The molecule has 0 heterocycles. The molecule has 0 aliphatic carbocycles. The zero-order valence-electron chi connectivity index (χ0n) is 17.1. The summed E-state index contributed by atoms with van der Waals surface area (Å²) in [5.41, 5.74) is 4.53. The van der Waals surface area contributed by atoms with E-state index < -0.39 is 0 Å². The van der Waals surface area contributed by atoms with Crippen LogP contribution in [0.15, 0.2) is 36.4 Å². The van der Waals surface area contributed by atoms with Gasteiger partial charge in [0, 0.05) is 11.1 Å². The molecule has 0 amide bonds. The summed E-state index contributed by atoms with van der Waals surface area (Å²) in [5.74, 6) is 1.34. The minimum Gasteiger partial charge on any atom is -1.00 e. The van der Waals surface area contributed by atoms with Crippen LogP contribution in [0.3, 0.4) is 0 Å². The predicted octanol–water partition coefficient (Wildman–Crippen LogP) is 1.17. The fourth-order valence-corrected chi connectivity index (χ4v) is 3.29. The molecule has 2 aromatic rings. The van der Waals surface area contributed by atoms with Gasteiger partial charge in [0.25, 0.3) is 0 Å². The average Bonchev–Trinajstić information content (AvgIpc) is 2.57. The number of benzene rings is 2. The van der Waals surface area contributed by atoms with Crippen LogP contribution in [0.1, 0.15) is 33.5 Å². The van der Waals surface area contributed by atoms with Crippen molar-refractivity contribution in [1.29, 1.82) is 0 Å². The Morgan fingerprint density at radius 2 is 1.52 bits per heavy atom. The van der Waals surface area contributed by atoms with Gasteiger partial charge in [0.15, 0.2) is 17.3 Å². The minimum atomic E-state index is 0. The Morgan fingerprint density at radius 3 is 2.07 bits per heavy atom. The van der Waals surface area contributed by atoms with Crippen molar-refractivity contribution in [3.05, 3.63) is 58.7 Å². The van der Waals surface area contributed by atoms with E-state index in [1.54, 1.807) is 32.4 Å². The van der Waals surface area contributed by atoms with Crippen LogP contribution < -0.4 is 26.5 Å². The summed E-state index contributed by atoms with van der Waals surface area (Å²) in [4.78, 5) is 12.6. The van der Waals surface area contributed by atoms with Gasteiger partial charge in [-0.05, 0) is 32.0 Å². The Balaban J connectivity index is 0.00000364. The number of hydrogen-bond acceptors (Lipinski definition) is 3. The highest BCUT2D eigenvalue weighted by Crippen LogP contribution is 2.28. The van der Waals surface area contributed by atoms with Crippen LogP contribution >= 0.6 is 0 Å². The Kier molecular flexibility index (Phi) is 8.51. The molecular formula is C22H30BrNO3. The lowest BCUT2D eigenvalue weighted by molar-refractivity contribution is -0.903. The summed E-state index contributed by atoms with van der Waals surface area (Å²) in [7, 11) is 7.50. The lowest BCUT2D eigenvalue weighted by atomic mass is 10.0. The van der Waals surface area contributed by atoms with E-state index in [1.807, 2.05) is 0 Å².